The summed E-state index contributed by atoms with van der Waals surface area (Å²) in [6.45, 7) is 5.05. The lowest BCUT2D eigenvalue weighted by molar-refractivity contribution is 0.1000. The van der Waals surface area contributed by atoms with Crippen LogP contribution in [0.25, 0.3) is 10.6 Å². The molecule has 5 heteroatoms. The van der Waals surface area contributed by atoms with Gasteiger partial charge < -0.3 is 10.3 Å². The minimum Gasteiger partial charge on any atom is -0.366 e. The third-order valence-corrected chi connectivity index (χ3v) is 5.80. The zero-order valence-corrected chi connectivity index (χ0v) is 16.9. The average Bonchev–Trinajstić information content (AvgIpc) is 3.28. The summed E-state index contributed by atoms with van der Waals surface area (Å²) in [5.41, 5.74) is 10.8. The molecule has 0 aliphatic carbocycles. The molecular formula is C22H27N3OS. The minimum absolute atomic E-state index is 0.368. The van der Waals surface area contributed by atoms with Gasteiger partial charge in [0.1, 0.15) is 5.01 Å². The molecule has 3 rings (SSSR count). The van der Waals surface area contributed by atoms with Crippen LogP contribution in [-0.4, -0.2) is 15.5 Å². The predicted octanol–water partition coefficient (Wildman–Crippen LogP) is 4.99. The van der Waals surface area contributed by atoms with Gasteiger partial charge in [-0.2, -0.15) is 0 Å². The molecule has 0 bridgehead atoms. The third-order valence-electron chi connectivity index (χ3n) is 5.01. The highest BCUT2D eigenvalue weighted by molar-refractivity contribution is 7.13. The van der Waals surface area contributed by atoms with E-state index in [4.69, 9.17) is 5.73 Å². The van der Waals surface area contributed by atoms with Crippen molar-refractivity contribution < 1.29 is 4.79 Å². The largest absolute Gasteiger partial charge is 0.366 e. The maximum atomic E-state index is 12.3. The quantitative estimate of drug-likeness (QED) is 0.531. The van der Waals surface area contributed by atoms with Crippen LogP contribution < -0.4 is 5.73 Å². The van der Waals surface area contributed by atoms with E-state index in [0.717, 1.165) is 42.1 Å². The van der Waals surface area contributed by atoms with Crippen LogP contribution in [0.4, 0.5) is 0 Å². The van der Waals surface area contributed by atoms with Crippen LogP contribution >= 0.6 is 11.3 Å². The molecule has 1 aromatic carbocycles. The lowest BCUT2D eigenvalue weighted by Crippen LogP contribution is -2.13. The topological polar surface area (TPSA) is 60.9 Å². The number of aryl methyl sites for hydroxylation is 1. The van der Waals surface area contributed by atoms with Gasteiger partial charge in [-0.1, -0.05) is 50.1 Å². The first kappa shape index (κ1) is 19.4. The predicted molar refractivity (Wildman–Crippen MR) is 112 cm³/mol. The van der Waals surface area contributed by atoms with Crippen LogP contribution in [0.5, 0.6) is 0 Å². The van der Waals surface area contributed by atoms with Crippen molar-refractivity contribution >= 4 is 17.2 Å². The molecule has 0 saturated carbocycles. The standard InChI is InChI=1S/C22H27N3OS/c1-3-4-6-11-18-20(22-24-13-15-27-22)19(21(23)26)16(2)25(18)14-12-17-9-7-5-8-10-17/h5,7-10,13,15H,3-4,6,11-12,14H2,1-2H3,(H2,23,26). The second-order valence-electron chi connectivity index (χ2n) is 6.83. The number of carbonyl (C=O) groups is 1. The van der Waals surface area contributed by atoms with Crippen molar-refractivity contribution in [2.75, 3.05) is 0 Å². The van der Waals surface area contributed by atoms with Gasteiger partial charge in [0.25, 0.3) is 5.91 Å². The van der Waals surface area contributed by atoms with Crippen LogP contribution in [0.3, 0.4) is 0 Å². The number of rotatable bonds is 9. The number of benzene rings is 1. The molecule has 3 aromatic rings. The molecule has 2 aromatic heterocycles. The number of primary amides is 1. The number of carbonyl (C=O) groups excluding carboxylic acids is 1. The van der Waals surface area contributed by atoms with Crippen molar-refractivity contribution in [2.24, 2.45) is 5.73 Å². The Balaban J connectivity index is 2.04. The van der Waals surface area contributed by atoms with Crippen molar-refractivity contribution in [1.82, 2.24) is 9.55 Å². The summed E-state index contributed by atoms with van der Waals surface area (Å²) in [5.74, 6) is -0.368. The number of hydrogen-bond acceptors (Lipinski definition) is 3. The fourth-order valence-corrected chi connectivity index (χ4v) is 4.38. The molecule has 0 fully saturated rings. The lowest BCUT2D eigenvalue weighted by Gasteiger charge is -2.13. The van der Waals surface area contributed by atoms with E-state index < -0.39 is 0 Å². The lowest BCUT2D eigenvalue weighted by atomic mass is 10.0. The molecule has 0 aliphatic heterocycles. The first-order valence-electron chi connectivity index (χ1n) is 9.59. The zero-order valence-electron chi connectivity index (χ0n) is 16.1. The van der Waals surface area contributed by atoms with E-state index >= 15 is 0 Å². The van der Waals surface area contributed by atoms with Crippen LogP contribution in [0.15, 0.2) is 41.9 Å². The van der Waals surface area contributed by atoms with E-state index in [0.29, 0.717) is 5.56 Å². The van der Waals surface area contributed by atoms with Gasteiger partial charge in [-0.05, 0) is 31.7 Å². The van der Waals surface area contributed by atoms with Crippen molar-refractivity contribution in [3.63, 3.8) is 0 Å². The van der Waals surface area contributed by atoms with Gasteiger partial charge in [0, 0.05) is 35.1 Å². The summed E-state index contributed by atoms with van der Waals surface area (Å²) in [6, 6.07) is 10.5. The van der Waals surface area contributed by atoms with E-state index in [-0.39, 0.29) is 5.91 Å². The third kappa shape index (κ3) is 4.30. The van der Waals surface area contributed by atoms with E-state index in [1.54, 1.807) is 17.5 Å². The first-order chi connectivity index (χ1) is 13.1. The van der Waals surface area contributed by atoms with Gasteiger partial charge >= 0.3 is 0 Å². The summed E-state index contributed by atoms with van der Waals surface area (Å²) in [7, 11) is 0. The molecule has 142 valence electrons. The Morgan fingerprint density at radius 1 is 1.19 bits per heavy atom. The van der Waals surface area contributed by atoms with Crippen molar-refractivity contribution in [3.8, 4) is 10.6 Å². The van der Waals surface area contributed by atoms with E-state index in [1.807, 2.05) is 18.4 Å². The fraction of sp³-hybridized carbons (Fsp3) is 0.364. The molecular weight excluding hydrogens is 354 g/mol. The Bertz CT molecular complexity index is 882. The highest BCUT2D eigenvalue weighted by Gasteiger charge is 2.25. The SMILES string of the molecule is CCCCCc1c(-c2nccs2)c(C(N)=O)c(C)n1CCc1ccccc1. The van der Waals surface area contributed by atoms with Crippen LogP contribution in [-0.2, 0) is 19.4 Å². The van der Waals surface area contributed by atoms with Gasteiger partial charge in [-0.25, -0.2) is 4.98 Å². The molecule has 27 heavy (non-hydrogen) atoms. The first-order valence-corrected chi connectivity index (χ1v) is 10.5. The minimum atomic E-state index is -0.368. The molecule has 4 nitrogen and oxygen atoms in total. The van der Waals surface area contributed by atoms with E-state index in [2.05, 4.69) is 40.7 Å². The second-order valence-corrected chi connectivity index (χ2v) is 7.72. The molecule has 0 aliphatic rings. The summed E-state index contributed by atoms with van der Waals surface area (Å²) in [5, 5.41) is 2.84. The maximum Gasteiger partial charge on any atom is 0.251 e. The fourth-order valence-electron chi connectivity index (χ4n) is 3.67. The molecule has 0 radical (unpaired) electrons. The monoisotopic (exact) mass is 381 g/mol. The number of unbranched alkanes of at least 4 members (excludes halogenated alkanes) is 2. The number of amides is 1. The Morgan fingerprint density at radius 3 is 2.59 bits per heavy atom. The van der Waals surface area contributed by atoms with E-state index in [9.17, 15) is 4.79 Å². The summed E-state index contributed by atoms with van der Waals surface area (Å²) in [4.78, 5) is 16.8. The van der Waals surface area contributed by atoms with Gasteiger partial charge in [-0.3, -0.25) is 4.79 Å². The summed E-state index contributed by atoms with van der Waals surface area (Å²) >= 11 is 1.57. The Morgan fingerprint density at radius 2 is 1.96 bits per heavy atom. The molecule has 2 N–H and O–H groups in total. The van der Waals surface area contributed by atoms with Crippen molar-refractivity contribution in [1.29, 1.82) is 0 Å². The number of nitrogens with zero attached hydrogens (tertiary/aromatic N) is 2. The Labute approximate surface area is 165 Å². The highest BCUT2D eigenvalue weighted by atomic mass is 32.1. The number of nitrogens with two attached hydrogens (primary N) is 1. The molecule has 1 amide bonds. The average molecular weight is 382 g/mol. The number of aromatic nitrogens is 2. The van der Waals surface area contributed by atoms with Crippen molar-refractivity contribution in [3.05, 3.63) is 64.4 Å². The van der Waals surface area contributed by atoms with E-state index in [1.165, 1.54) is 24.1 Å². The normalized spacial score (nSPS) is 11.0. The van der Waals surface area contributed by atoms with Crippen molar-refractivity contribution in [2.45, 2.75) is 52.5 Å². The molecule has 0 unspecified atom stereocenters. The zero-order chi connectivity index (χ0) is 19.2. The van der Waals surface area contributed by atoms with Crippen LogP contribution in [0, 0.1) is 6.92 Å². The van der Waals surface area contributed by atoms with Gasteiger partial charge in [0.15, 0.2) is 0 Å². The Hall–Kier alpha value is -2.40. The van der Waals surface area contributed by atoms with Gasteiger partial charge in [-0.15, -0.1) is 11.3 Å². The smallest absolute Gasteiger partial charge is 0.251 e. The van der Waals surface area contributed by atoms with Gasteiger partial charge in [0.05, 0.1) is 5.56 Å². The number of hydrogen-bond donors (Lipinski definition) is 1. The maximum absolute atomic E-state index is 12.3. The number of thiazole rings is 1. The highest BCUT2D eigenvalue weighted by Crippen LogP contribution is 2.35. The molecule has 0 saturated heterocycles. The second kappa shape index (κ2) is 9.00. The van der Waals surface area contributed by atoms with Gasteiger partial charge in [0.2, 0.25) is 0 Å². The van der Waals surface area contributed by atoms with Crippen LogP contribution in [0.2, 0.25) is 0 Å². The summed E-state index contributed by atoms with van der Waals surface area (Å²) in [6.07, 6.45) is 7.09. The molecule has 0 atom stereocenters. The van der Waals surface area contributed by atoms with Crippen LogP contribution in [0.1, 0.15) is 53.5 Å². The molecule has 0 spiro atoms. The summed E-state index contributed by atoms with van der Waals surface area (Å²) < 4.78 is 2.29. The molecule has 2 heterocycles. The Kier molecular flexibility index (Phi) is 6.45.